The number of sulfone groups is 1. The Kier molecular flexibility index (Phi) is 6.13. The molecule has 0 N–H and O–H groups in total. The molecule has 1 aliphatic rings. The van der Waals surface area contributed by atoms with E-state index in [1.54, 1.807) is 12.4 Å². The van der Waals surface area contributed by atoms with Gasteiger partial charge in [0.1, 0.15) is 16.4 Å². The molecule has 122 valence electrons. The molecule has 0 unspecified atom stereocenters. The summed E-state index contributed by atoms with van der Waals surface area (Å²) in [5.74, 6) is 0.850. The molecule has 2 heterocycles. The molecular weight excluding hydrogens is 372 g/mol. The van der Waals surface area contributed by atoms with Crippen LogP contribution in [0, 0.1) is 0 Å². The first-order valence-electron chi connectivity index (χ1n) is 7.02. The van der Waals surface area contributed by atoms with Crippen LogP contribution in [0.2, 0.25) is 0 Å². The minimum absolute atomic E-state index is 0.131. The molecule has 7 nitrogen and oxygen atoms in total. The Morgan fingerprint density at radius 2 is 1.95 bits per heavy atom. The van der Waals surface area contributed by atoms with E-state index in [2.05, 4.69) is 36.0 Å². The number of nitrogens with zero attached hydrogens (tertiary/aromatic N) is 4. The number of piperidine rings is 1. The fourth-order valence-corrected chi connectivity index (χ4v) is 2.89. The highest BCUT2D eigenvalue weighted by Gasteiger charge is 2.17. The van der Waals surface area contributed by atoms with Crippen molar-refractivity contribution in [2.45, 2.75) is 19.3 Å². The van der Waals surface area contributed by atoms with Crippen molar-refractivity contribution in [3.63, 3.8) is 0 Å². The van der Waals surface area contributed by atoms with Crippen LogP contribution >= 0.6 is 15.9 Å². The highest BCUT2D eigenvalue weighted by Crippen LogP contribution is 2.15. The summed E-state index contributed by atoms with van der Waals surface area (Å²) in [5, 5.41) is 4.09. The standard InChI is InChI=1S/C13H19BrN4O3S/c1-22(19,20)8-2-7-21-17-12-3-5-18(6-4-12)13-15-9-11(14)10-16-13/h9-10H,2-8H2,1H3. The molecule has 0 amide bonds. The van der Waals surface area contributed by atoms with Gasteiger partial charge in [0.15, 0.2) is 0 Å². The van der Waals surface area contributed by atoms with Gasteiger partial charge in [0.2, 0.25) is 5.95 Å². The van der Waals surface area contributed by atoms with Crippen LogP contribution in [0.5, 0.6) is 0 Å². The summed E-state index contributed by atoms with van der Waals surface area (Å²) in [5.41, 5.74) is 0.993. The maximum atomic E-state index is 11.0. The van der Waals surface area contributed by atoms with Gasteiger partial charge in [-0.2, -0.15) is 0 Å². The van der Waals surface area contributed by atoms with Crippen molar-refractivity contribution < 1.29 is 13.3 Å². The maximum Gasteiger partial charge on any atom is 0.225 e. The number of anilines is 1. The van der Waals surface area contributed by atoms with Crippen LogP contribution in [-0.2, 0) is 14.7 Å². The lowest BCUT2D eigenvalue weighted by atomic mass is 10.1. The Morgan fingerprint density at radius 1 is 1.32 bits per heavy atom. The van der Waals surface area contributed by atoms with Crippen LogP contribution in [0.25, 0.3) is 0 Å². The van der Waals surface area contributed by atoms with Crippen molar-refractivity contribution in [1.29, 1.82) is 0 Å². The summed E-state index contributed by atoms with van der Waals surface area (Å²) in [6.07, 6.45) is 6.75. The van der Waals surface area contributed by atoms with Gasteiger partial charge in [0.25, 0.3) is 0 Å². The van der Waals surface area contributed by atoms with Crippen molar-refractivity contribution in [3.8, 4) is 0 Å². The number of hydrogen-bond acceptors (Lipinski definition) is 7. The number of hydrogen-bond donors (Lipinski definition) is 0. The molecule has 0 bridgehead atoms. The van der Waals surface area contributed by atoms with E-state index in [1.165, 1.54) is 6.26 Å². The van der Waals surface area contributed by atoms with E-state index in [-0.39, 0.29) is 5.75 Å². The normalized spacial score (nSPS) is 15.7. The van der Waals surface area contributed by atoms with Crippen molar-refractivity contribution in [2.24, 2.45) is 5.16 Å². The molecule has 1 aromatic rings. The van der Waals surface area contributed by atoms with E-state index < -0.39 is 9.84 Å². The smallest absolute Gasteiger partial charge is 0.225 e. The van der Waals surface area contributed by atoms with E-state index in [0.29, 0.717) is 13.0 Å². The maximum absolute atomic E-state index is 11.0. The molecule has 9 heteroatoms. The summed E-state index contributed by atoms with van der Waals surface area (Å²) in [6, 6.07) is 0. The zero-order chi connectivity index (χ0) is 16.0. The number of halogens is 1. The summed E-state index contributed by atoms with van der Waals surface area (Å²) >= 11 is 3.32. The molecule has 2 rings (SSSR count). The van der Waals surface area contributed by atoms with Gasteiger partial charge in [0.05, 0.1) is 15.9 Å². The lowest BCUT2D eigenvalue weighted by Crippen LogP contribution is -2.35. The van der Waals surface area contributed by atoms with Gasteiger partial charge in [-0.3, -0.25) is 0 Å². The number of aromatic nitrogens is 2. The van der Waals surface area contributed by atoms with E-state index in [9.17, 15) is 8.42 Å². The van der Waals surface area contributed by atoms with Crippen molar-refractivity contribution in [2.75, 3.05) is 36.6 Å². The van der Waals surface area contributed by atoms with Gasteiger partial charge >= 0.3 is 0 Å². The fraction of sp³-hybridized carbons (Fsp3) is 0.615. The lowest BCUT2D eigenvalue weighted by molar-refractivity contribution is 0.144. The van der Waals surface area contributed by atoms with Gasteiger partial charge in [-0.05, 0) is 22.4 Å². The minimum atomic E-state index is -2.92. The third-order valence-corrected chi connectivity index (χ3v) is 4.61. The first-order chi connectivity index (χ1) is 10.4. The predicted molar refractivity (Wildman–Crippen MR) is 88.9 cm³/mol. The average Bonchev–Trinajstić information content (AvgIpc) is 2.47. The SMILES string of the molecule is CS(=O)(=O)CCCON=C1CCN(c2ncc(Br)cn2)CC1. The van der Waals surface area contributed by atoms with Crippen molar-refractivity contribution >= 4 is 37.4 Å². The van der Waals surface area contributed by atoms with Crippen LogP contribution in [0.3, 0.4) is 0 Å². The predicted octanol–water partition coefficient (Wildman–Crippen LogP) is 1.65. The molecule has 1 saturated heterocycles. The molecule has 22 heavy (non-hydrogen) atoms. The minimum Gasteiger partial charge on any atom is -0.396 e. The molecular formula is C13H19BrN4O3S. The highest BCUT2D eigenvalue weighted by molar-refractivity contribution is 9.10. The molecule has 1 aromatic heterocycles. The van der Waals surface area contributed by atoms with E-state index in [4.69, 9.17) is 4.84 Å². The monoisotopic (exact) mass is 390 g/mol. The van der Waals surface area contributed by atoms with Gasteiger partial charge < -0.3 is 9.74 Å². The zero-order valence-electron chi connectivity index (χ0n) is 12.4. The Labute approximate surface area is 138 Å². The van der Waals surface area contributed by atoms with Gasteiger partial charge in [0, 0.05) is 44.6 Å². The number of rotatable bonds is 6. The third-order valence-electron chi connectivity index (χ3n) is 3.17. The first kappa shape index (κ1) is 17.1. The molecule has 0 aliphatic carbocycles. The molecule has 0 atom stereocenters. The van der Waals surface area contributed by atoms with Crippen LogP contribution in [0.1, 0.15) is 19.3 Å². The summed E-state index contributed by atoms with van der Waals surface area (Å²) in [7, 11) is -2.92. The lowest BCUT2D eigenvalue weighted by Gasteiger charge is -2.27. The first-order valence-corrected chi connectivity index (χ1v) is 9.87. The molecule has 0 radical (unpaired) electrons. The summed E-state index contributed by atoms with van der Waals surface area (Å²) < 4.78 is 22.8. The molecule has 0 spiro atoms. The third kappa shape index (κ3) is 5.88. The second kappa shape index (κ2) is 7.87. The van der Waals surface area contributed by atoms with Crippen LogP contribution in [0.15, 0.2) is 22.0 Å². The second-order valence-corrected chi connectivity index (χ2v) is 8.34. The molecule has 1 aliphatic heterocycles. The molecule has 1 fully saturated rings. The van der Waals surface area contributed by atoms with Crippen molar-refractivity contribution in [1.82, 2.24) is 9.97 Å². The Morgan fingerprint density at radius 3 is 2.55 bits per heavy atom. The van der Waals surface area contributed by atoms with E-state index in [0.717, 1.165) is 42.1 Å². The highest BCUT2D eigenvalue weighted by atomic mass is 79.9. The van der Waals surface area contributed by atoms with Crippen LogP contribution in [0.4, 0.5) is 5.95 Å². The fourth-order valence-electron chi connectivity index (χ4n) is 2.05. The van der Waals surface area contributed by atoms with Crippen LogP contribution < -0.4 is 4.90 Å². The largest absolute Gasteiger partial charge is 0.396 e. The topological polar surface area (TPSA) is 84.8 Å². The van der Waals surface area contributed by atoms with Crippen molar-refractivity contribution in [3.05, 3.63) is 16.9 Å². The average molecular weight is 391 g/mol. The zero-order valence-corrected chi connectivity index (χ0v) is 14.8. The van der Waals surface area contributed by atoms with E-state index in [1.807, 2.05) is 0 Å². The van der Waals surface area contributed by atoms with Gasteiger partial charge in [-0.1, -0.05) is 5.16 Å². The number of oxime groups is 1. The quantitative estimate of drug-likeness (QED) is 0.542. The van der Waals surface area contributed by atoms with E-state index >= 15 is 0 Å². The Hall–Kier alpha value is -1.22. The summed E-state index contributed by atoms with van der Waals surface area (Å²) in [4.78, 5) is 15.9. The second-order valence-electron chi connectivity index (χ2n) is 5.16. The van der Waals surface area contributed by atoms with Crippen LogP contribution in [-0.4, -0.2) is 55.8 Å². The summed E-state index contributed by atoms with van der Waals surface area (Å²) in [6.45, 7) is 1.93. The Balaban J connectivity index is 1.72. The van der Waals surface area contributed by atoms with Gasteiger partial charge in [-0.15, -0.1) is 0 Å². The Bertz CT molecular complexity index is 609. The molecule has 0 aromatic carbocycles. The molecule has 0 saturated carbocycles. The van der Waals surface area contributed by atoms with Gasteiger partial charge in [-0.25, -0.2) is 18.4 Å².